The van der Waals surface area contributed by atoms with Gasteiger partial charge in [-0.25, -0.2) is 0 Å². The van der Waals surface area contributed by atoms with Gasteiger partial charge in [-0.1, -0.05) is 29.8 Å². The molecule has 2 aromatic carbocycles. The number of amides is 2. The van der Waals surface area contributed by atoms with Crippen LogP contribution in [0.2, 0.25) is 5.02 Å². The molecule has 1 aliphatic rings. The van der Waals surface area contributed by atoms with Crippen molar-refractivity contribution in [2.45, 2.75) is 6.61 Å². The van der Waals surface area contributed by atoms with Crippen molar-refractivity contribution in [2.24, 2.45) is 0 Å². The van der Waals surface area contributed by atoms with Gasteiger partial charge in [-0.2, -0.15) is 0 Å². The van der Waals surface area contributed by atoms with Gasteiger partial charge < -0.3 is 14.2 Å². The first-order chi connectivity index (χ1) is 14.8. The molecule has 7 nitrogen and oxygen atoms in total. The SMILES string of the molecule is COC(=O)CN1C(=O)S/C(=C/c2cc(I)c(OCc3ccccc3Cl)c(OC)c2)C1=O. The van der Waals surface area contributed by atoms with Crippen molar-refractivity contribution in [3.63, 3.8) is 0 Å². The molecule has 0 bridgehead atoms. The van der Waals surface area contributed by atoms with Crippen LogP contribution in [0, 0.1) is 3.57 Å². The number of hydrogen-bond acceptors (Lipinski definition) is 7. The molecule has 0 spiro atoms. The smallest absolute Gasteiger partial charge is 0.325 e. The van der Waals surface area contributed by atoms with Crippen LogP contribution in [0.25, 0.3) is 6.08 Å². The first-order valence-electron chi connectivity index (χ1n) is 8.90. The zero-order valence-electron chi connectivity index (χ0n) is 16.5. The van der Waals surface area contributed by atoms with Gasteiger partial charge in [0, 0.05) is 10.6 Å². The molecule has 0 aliphatic carbocycles. The number of benzene rings is 2. The van der Waals surface area contributed by atoms with E-state index in [-0.39, 0.29) is 11.5 Å². The molecule has 10 heteroatoms. The first-order valence-corrected chi connectivity index (χ1v) is 11.2. The quantitative estimate of drug-likeness (QED) is 0.269. The van der Waals surface area contributed by atoms with Crippen molar-refractivity contribution in [2.75, 3.05) is 20.8 Å². The maximum absolute atomic E-state index is 12.5. The molecule has 0 radical (unpaired) electrons. The van der Waals surface area contributed by atoms with Gasteiger partial charge in [0.25, 0.3) is 11.1 Å². The van der Waals surface area contributed by atoms with E-state index in [0.717, 1.165) is 25.8 Å². The Labute approximate surface area is 201 Å². The lowest BCUT2D eigenvalue weighted by Gasteiger charge is -2.14. The standard InChI is InChI=1S/C21H17ClINO6S/c1-28-16-8-12(9-17-20(26)24(21(27)31-17)10-18(25)29-2)7-15(23)19(16)30-11-13-5-3-4-6-14(13)22/h3-9H,10-11H2,1-2H3/b17-9+. The second kappa shape index (κ2) is 10.4. The molecule has 0 atom stereocenters. The Kier molecular flexibility index (Phi) is 7.84. The number of thioether (sulfide) groups is 1. The third kappa shape index (κ3) is 5.52. The summed E-state index contributed by atoms with van der Waals surface area (Å²) in [6, 6.07) is 10.9. The summed E-state index contributed by atoms with van der Waals surface area (Å²) in [6.45, 7) is -0.161. The molecular weight excluding hydrogens is 557 g/mol. The lowest BCUT2D eigenvalue weighted by Crippen LogP contribution is -2.34. The summed E-state index contributed by atoms with van der Waals surface area (Å²) >= 11 is 9.06. The van der Waals surface area contributed by atoms with Crippen LogP contribution < -0.4 is 9.47 Å². The highest BCUT2D eigenvalue weighted by molar-refractivity contribution is 14.1. The van der Waals surface area contributed by atoms with Crippen molar-refractivity contribution >= 4 is 69.1 Å². The zero-order valence-corrected chi connectivity index (χ0v) is 20.2. The highest BCUT2D eigenvalue weighted by Gasteiger charge is 2.36. The summed E-state index contributed by atoms with van der Waals surface area (Å²) in [5.41, 5.74) is 1.49. The molecule has 0 unspecified atom stereocenters. The first kappa shape index (κ1) is 23.4. The lowest BCUT2D eigenvalue weighted by atomic mass is 10.1. The minimum Gasteiger partial charge on any atom is -0.493 e. The summed E-state index contributed by atoms with van der Waals surface area (Å²) in [4.78, 5) is 37.1. The number of halogens is 2. The molecule has 162 valence electrons. The number of carbonyl (C=O) groups is 3. The van der Waals surface area contributed by atoms with E-state index >= 15 is 0 Å². The number of imide groups is 1. The van der Waals surface area contributed by atoms with Crippen molar-refractivity contribution in [1.29, 1.82) is 0 Å². The Balaban J connectivity index is 1.83. The normalized spacial score (nSPS) is 14.8. The fraction of sp³-hybridized carbons (Fsp3) is 0.190. The van der Waals surface area contributed by atoms with Gasteiger partial charge in [0.15, 0.2) is 11.5 Å². The van der Waals surface area contributed by atoms with Crippen LogP contribution in [-0.2, 0) is 20.9 Å². The summed E-state index contributed by atoms with van der Waals surface area (Å²) in [6.07, 6.45) is 1.57. The third-order valence-electron chi connectivity index (χ3n) is 4.27. The Hall–Kier alpha value is -2.24. The van der Waals surface area contributed by atoms with Crippen LogP contribution in [0.15, 0.2) is 41.3 Å². The minimum absolute atomic E-state index is 0.205. The largest absolute Gasteiger partial charge is 0.493 e. The summed E-state index contributed by atoms with van der Waals surface area (Å²) in [7, 11) is 2.71. The monoisotopic (exact) mass is 573 g/mol. The van der Waals surface area contributed by atoms with Gasteiger partial charge in [0.05, 0.1) is 22.7 Å². The molecule has 1 heterocycles. The van der Waals surface area contributed by atoms with E-state index in [0.29, 0.717) is 22.1 Å². The van der Waals surface area contributed by atoms with E-state index in [1.807, 2.05) is 18.2 Å². The van der Waals surface area contributed by atoms with Crippen LogP contribution in [0.3, 0.4) is 0 Å². The number of methoxy groups -OCH3 is 2. The van der Waals surface area contributed by atoms with Crippen LogP contribution in [-0.4, -0.2) is 42.8 Å². The second-order valence-corrected chi connectivity index (χ2v) is 8.82. The van der Waals surface area contributed by atoms with E-state index in [4.69, 9.17) is 21.1 Å². The number of nitrogens with zero attached hydrogens (tertiary/aromatic N) is 1. The van der Waals surface area contributed by atoms with E-state index in [1.54, 1.807) is 24.3 Å². The van der Waals surface area contributed by atoms with E-state index in [2.05, 4.69) is 27.3 Å². The van der Waals surface area contributed by atoms with Crippen LogP contribution >= 0.6 is 46.0 Å². The van der Waals surface area contributed by atoms with Crippen molar-refractivity contribution < 1.29 is 28.6 Å². The molecule has 2 amide bonds. The van der Waals surface area contributed by atoms with Gasteiger partial charge in [-0.3, -0.25) is 19.3 Å². The predicted molar refractivity (Wildman–Crippen MR) is 126 cm³/mol. The van der Waals surface area contributed by atoms with Gasteiger partial charge in [-0.15, -0.1) is 0 Å². The third-order valence-corrected chi connectivity index (χ3v) is 6.35. The van der Waals surface area contributed by atoms with Crippen LogP contribution in [0.4, 0.5) is 4.79 Å². The molecule has 31 heavy (non-hydrogen) atoms. The Bertz CT molecular complexity index is 1070. The van der Waals surface area contributed by atoms with E-state index in [9.17, 15) is 14.4 Å². The predicted octanol–water partition coefficient (Wildman–Crippen LogP) is 4.74. The van der Waals surface area contributed by atoms with Gasteiger partial charge in [0.1, 0.15) is 13.2 Å². The van der Waals surface area contributed by atoms with E-state index < -0.39 is 23.7 Å². The molecule has 0 aromatic heterocycles. The van der Waals surface area contributed by atoms with Crippen LogP contribution in [0.1, 0.15) is 11.1 Å². The number of rotatable bonds is 7. The van der Waals surface area contributed by atoms with Gasteiger partial charge >= 0.3 is 5.97 Å². The summed E-state index contributed by atoms with van der Waals surface area (Å²) < 4.78 is 16.7. The van der Waals surface area contributed by atoms with E-state index in [1.165, 1.54) is 14.2 Å². The Morgan fingerprint density at radius 2 is 1.97 bits per heavy atom. The fourth-order valence-corrected chi connectivity index (χ4v) is 4.52. The molecule has 1 saturated heterocycles. The summed E-state index contributed by atoms with van der Waals surface area (Å²) in [5.74, 6) is -0.203. The second-order valence-electron chi connectivity index (χ2n) is 6.26. The number of carbonyl (C=O) groups excluding carboxylic acids is 3. The van der Waals surface area contributed by atoms with Crippen molar-refractivity contribution in [3.8, 4) is 11.5 Å². The molecule has 0 saturated carbocycles. The van der Waals surface area contributed by atoms with Crippen LogP contribution in [0.5, 0.6) is 11.5 Å². The highest BCUT2D eigenvalue weighted by atomic mass is 127. The molecule has 1 aliphatic heterocycles. The lowest BCUT2D eigenvalue weighted by molar-refractivity contribution is -0.143. The average Bonchev–Trinajstić information content (AvgIpc) is 3.00. The molecule has 1 fully saturated rings. The topological polar surface area (TPSA) is 82.1 Å². The molecule has 3 rings (SSSR count). The zero-order chi connectivity index (χ0) is 22.5. The van der Waals surface area contributed by atoms with Gasteiger partial charge in [-0.05, 0) is 64.2 Å². The fourth-order valence-electron chi connectivity index (χ4n) is 2.71. The number of hydrogen-bond donors (Lipinski definition) is 0. The Morgan fingerprint density at radius 1 is 1.23 bits per heavy atom. The number of ether oxygens (including phenoxy) is 3. The maximum Gasteiger partial charge on any atom is 0.325 e. The molecule has 2 aromatic rings. The van der Waals surface area contributed by atoms with Crippen molar-refractivity contribution in [3.05, 3.63) is 61.0 Å². The summed E-state index contributed by atoms with van der Waals surface area (Å²) in [5, 5.41) is 0.0822. The van der Waals surface area contributed by atoms with Crippen molar-refractivity contribution in [1.82, 2.24) is 4.90 Å². The Morgan fingerprint density at radius 3 is 2.65 bits per heavy atom. The molecular formula is C21H17ClINO6S. The number of esters is 1. The maximum atomic E-state index is 12.5. The van der Waals surface area contributed by atoms with Gasteiger partial charge in [0.2, 0.25) is 0 Å². The highest BCUT2D eigenvalue weighted by Crippen LogP contribution is 2.37. The minimum atomic E-state index is -0.667. The average molecular weight is 574 g/mol. The molecule has 0 N–H and O–H groups in total.